The van der Waals surface area contributed by atoms with E-state index in [2.05, 4.69) is 0 Å². The molecule has 0 N–H and O–H groups in total. The zero-order valence-corrected chi connectivity index (χ0v) is 42.2. The van der Waals surface area contributed by atoms with E-state index in [0.717, 1.165) is 0 Å². The Hall–Kier alpha value is -6.42. The van der Waals surface area contributed by atoms with Gasteiger partial charge in [-0.3, -0.25) is 0 Å². The van der Waals surface area contributed by atoms with Crippen LogP contribution in [0.4, 0.5) is 17.6 Å². The van der Waals surface area contributed by atoms with Gasteiger partial charge in [0.1, 0.15) is 23.3 Å². The fraction of sp³-hybridized carbons (Fsp3) is 0.286. The molecule has 8 bridgehead atoms. The monoisotopic (exact) mass is 1020 g/mol. The number of fused-ring (bicyclic) bond motifs is 8. The largest absolute Gasteiger partial charge is 2.00 e. The summed E-state index contributed by atoms with van der Waals surface area (Å²) in [7, 11) is 0. The first-order chi connectivity index (χ1) is 31.9. The molecule has 0 saturated heterocycles. The molecule has 3 aromatic heterocycles. The molecule has 0 aliphatic carbocycles. The molecule has 0 fully saturated rings. The predicted molar refractivity (Wildman–Crippen MR) is 262 cm³/mol. The van der Waals surface area contributed by atoms with Gasteiger partial charge in [0.2, 0.25) is 0 Å². The van der Waals surface area contributed by atoms with E-state index in [1.807, 2.05) is 83.1 Å². The van der Waals surface area contributed by atoms with Crippen LogP contribution in [0.15, 0.2) is 97.1 Å². The first-order valence-corrected chi connectivity index (χ1v) is 22.6. The van der Waals surface area contributed by atoms with E-state index in [-0.39, 0.29) is 88.6 Å². The van der Waals surface area contributed by atoms with Crippen molar-refractivity contribution >= 4 is 44.9 Å². The maximum absolute atomic E-state index is 16.4. The van der Waals surface area contributed by atoms with Crippen molar-refractivity contribution in [1.29, 1.82) is 0 Å². The van der Waals surface area contributed by atoms with Gasteiger partial charge in [-0.25, -0.2) is 27.5 Å². The van der Waals surface area contributed by atoms with Crippen LogP contribution in [0.2, 0.25) is 0 Å². The fourth-order valence-electron chi connectivity index (χ4n) is 9.31. The van der Waals surface area contributed by atoms with Crippen LogP contribution in [-0.4, -0.2) is 29.9 Å². The van der Waals surface area contributed by atoms with Gasteiger partial charge < -0.3 is 29.9 Å². The van der Waals surface area contributed by atoms with Crippen LogP contribution in [0, 0.1) is 34.1 Å². The number of rotatable bonds is 4. The Morgan fingerprint density at radius 2 is 0.609 bits per heavy atom. The summed E-state index contributed by atoms with van der Waals surface area (Å²) in [6, 6.07) is 25.6. The van der Waals surface area contributed by atoms with Crippen molar-refractivity contribution in [3.05, 3.63) is 166 Å². The third kappa shape index (κ3) is 8.80. The van der Waals surface area contributed by atoms with Gasteiger partial charge in [-0.15, -0.1) is 0 Å². The second-order valence-electron chi connectivity index (χ2n) is 21.4. The molecule has 4 aromatic carbocycles. The Balaban J connectivity index is 0.00000642. The summed E-state index contributed by atoms with van der Waals surface area (Å²) >= 11 is 0. The van der Waals surface area contributed by atoms with Crippen molar-refractivity contribution in [1.82, 2.24) is 39.9 Å². The van der Waals surface area contributed by atoms with E-state index in [0.29, 0.717) is 44.5 Å². The third-order valence-electron chi connectivity index (χ3n) is 12.1. The summed E-state index contributed by atoms with van der Waals surface area (Å²) in [5.74, 6) is -1.51. The van der Waals surface area contributed by atoms with Gasteiger partial charge in [-0.1, -0.05) is 156 Å². The molecule has 2 aliphatic rings. The topological polar surface area (TPSA) is 106 Å². The van der Waals surface area contributed by atoms with Gasteiger partial charge in [0.05, 0.1) is 23.3 Å². The standard InChI is InChI=1S/C56H52F4N8.Pd/c1-53(2,3)41-37(29-21-13-17-25-33(29)57)45-61-49(41)65-46-38(30-22-14-18-26-34(30)58)42(54(4,5)6)51(62-46)67-48-40(32-24-16-20-28-36(32)60)44(56(10,11)12)52(64-48)68-47-39(31-23-15-19-27-35(31)59)43(55(7,8)9)50(63-47)66-45;/h13-28H,1-12H3;/q-2;+2. The van der Waals surface area contributed by atoms with Crippen molar-refractivity contribution in [2.75, 3.05) is 0 Å². The van der Waals surface area contributed by atoms with Gasteiger partial charge >= 0.3 is 20.4 Å². The maximum Gasteiger partial charge on any atom is 2.00 e. The van der Waals surface area contributed by atoms with Crippen LogP contribution in [0.3, 0.4) is 0 Å². The predicted octanol–water partition coefficient (Wildman–Crippen LogP) is 13.6. The molecule has 0 saturated carbocycles. The Bertz CT molecular complexity index is 3220. The molecule has 0 unspecified atom stereocenters. The summed E-state index contributed by atoms with van der Waals surface area (Å²) in [6.45, 7) is 23.7. The molecule has 0 spiro atoms. The normalized spacial score (nSPS) is 13.6. The Morgan fingerprint density at radius 3 is 0.884 bits per heavy atom. The van der Waals surface area contributed by atoms with E-state index >= 15 is 17.6 Å². The minimum Gasteiger partial charge on any atom is -0.357 e. The third-order valence-corrected chi connectivity index (χ3v) is 12.1. The average molecular weight is 1020 g/mol. The van der Waals surface area contributed by atoms with Gasteiger partial charge in [-0.2, -0.15) is 0 Å². The van der Waals surface area contributed by atoms with Gasteiger partial charge in [0.15, 0.2) is 0 Å². The van der Waals surface area contributed by atoms with E-state index in [4.69, 9.17) is 39.9 Å². The van der Waals surface area contributed by atoms with Crippen molar-refractivity contribution in [3.8, 4) is 22.3 Å². The molecular formula is C56H52F4N8Pd. The summed E-state index contributed by atoms with van der Waals surface area (Å²) in [5, 5.41) is 0. The quantitative estimate of drug-likeness (QED) is 0.127. The molecule has 69 heavy (non-hydrogen) atoms. The van der Waals surface area contributed by atoms with Crippen LogP contribution < -0.4 is 9.97 Å². The molecular weight excluding hydrogens is 967 g/mol. The number of aromatic nitrogens is 8. The number of hydrogen-bond acceptors (Lipinski definition) is 6. The Labute approximate surface area is 413 Å². The zero-order chi connectivity index (χ0) is 48.8. The van der Waals surface area contributed by atoms with Crippen LogP contribution in [-0.2, 0) is 31.3 Å². The molecule has 13 heteroatoms. The summed E-state index contributed by atoms with van der Waals surface area (Å²) < 4.78 is 65.6. The Morgan fingerprint density at radius 1 is 0.333 bits per heavy atom. The van der Waals surface area contributed by atoms with Gasteiger partial charge in [0, 0.05) is 67.1 Å². The second-order valence-corrected chi connectivity index (χ2v) is 21.4. The molecule has 0 amide bonds. The van der Waals surface area contributed by atoms with Crippen LogP contribution in [0.1, 0.15) is 129 Å². The van der Waals surface area contributed by atoms with Crippen molar-refractivity contribution in [2.24, 2.45) is 10.8 Å². The zero-order valence-electron chi connectivity index (χ0n) is 40.6. The van der Waals surface area contributed by atoms with Crippen LogP contribution in [0.5, 0.6) is 0 Å². The van der Waals surface area contributed by atoms with Crippen LogP contribution >= 0.6 is 0 Å². The minimum atomic E-state index is -0.747. The van der Waals surface area contributed by atoms with E-state index in [1.54, 1.807) is 72.8 Å². The number of nitrogens with zero attached hydrogens (tertiary/aromatic N) is 8. The van der Waals surface area contributed by atoms with Crippen molar-refractivity contribution < 1.29 is 38.0 Å². The number of halogens is 4. The smallest absolute Gasteiger partial charge is 0.357 e. The van der Waals surface area contributed by atoms with Gasteiger partial charge in [0.25, 0.3) is 0 Å². The van der Waals surface area contributed by atoms with E-state index in [1.165, 1.54) is 24.3 Å². The minimum absolute atomic E-state index is 0. The maximum atomic E-state index is 16.4. The molecule has 0 radical (unpaired) electrons. The molecule has 9 rings (SSSR count). The first kappa shape index (κ1) is 49.0. The number of hydrogen-bond donors (Lipinski definition) is 0. The van der Waals surface area contributed by atoms with Crippen molar-refractivity contribution in [2.45, 2.75) is 93.9 Å². The fourth-order valence-corrected chi connectivity index (χ4v) is 9.31. The molecule has 5 heterocycles. The van der Waals surface area contributed by atoms with Crippen molar-refractivity contribution in [3.63, 3.8) is 0 Å². The van der Waals surface area contributed by atoms with E-state index < -0.39 is 44.9 Å². The van der Waals surface area contributed by atoms with E-state index in [9.17, 15) is 0 Å². The summed E-state index contributed by atoms with van der Waals surface area (Å²) in [5.41, 5.74) is 2.15. The molecule has 8 nitrogen and oxygen atoms in total. The number of allylic oxidation sites excluding steroid dienone is 2. The molecule has 354 valence electrons. The SMILES string of the molecule is CC(C)(C)C1=C(c2ccccc2F)c2nc1nc1[n-]c(nc3nc(nc4[n-]c(n2)c(C(C)(C)C)c4-c2ccccc2F)C(C(C)(C)C)=C3c2ccccc2F)c(C(C)(C)C)c1-c1ccccc1F.[Pd+2]. The average Bonchev–Trinajstić information content (AvgIpc) is 3.99. The molecule has 7 aromatic rings. The summed E-state index contributed by atoms with van der Waals surface area (Å²) in [4.78, 5) is 41.5. The first-order valence-electron chi connectivity index (χ1n) is 22.6. The summed E-state index contributed by atoms with van der Waals surface area (Å²) in [6.07, 6.45) is 0. The van der Waals surface area contributed by atoms with Crippen LogP contribution in [0.25, 0.3) is 67.1 Å². The molecule has 0 atom stereocenters. The second kappa shape index (κ2) is 17.5. The Kier molecular flexibility index (Phi) is 12.4. The van der Waals surface area contributed by atoms with Gasteiger partial charge in [-0.05, 0) is 68.2 Å². The molecule has 2 aliphatic heterocycles. The number of benzene rings is 4.